The van der Waals surface area contributed by atoms with Crippen LogP contribution in [0.2, 0.25) is 0 Å². The molecule has 1 aromatic heterocycles. The van der Waals surface area contributed by atoms with E-state index in [0.717, 1.165) is 5.69 Å². The number of aromatic nitrogens is 2. The van der Waals surface area contributed by atoms with Crippen molar-refractivity contribution >= 4 is 11.6 Å². The number of hydrogen-bond donors (Lipinski definition) is 1. The lowest BCUT2D eigenvalue weighted by molar-refractivity contribution is -0.130. The first-order chi connectivity index (χ1) is 6.25. The summed E-state index contributed by atoms with van der Waals surface area (Å²) in [4.78, 5) is 29.0. The molecule has 68 valence electrons. The first-order valence-corrected chi connectivity index (χ1v) is 4.27. The van der Waals surface area contributed by atoms with E-state index in [2.05, 4.69) is 9.97 Å². The number of imidazole rings is 1. The van der Waals surface area contributed by atoms with Gasteiger partial charge in [0, 0.05) is 30.7 Å². The fraction of sp³-hybridized carbons (Fsp3) is 0.444. The van der Waals surface area contributed by atoms with Crippen molar-refractivity contribution in [2.75, 3.05) is 0 Å². The Morgan fingerprint density at radius 2 is 2.00 bits per heavy atom. The second kappa shape index (κ2) is 3.12. The van der Waals surface area contributed by atoms with Crippen LogP contribution in [0.5, 0.6) is 0 Å². The smallest absolute Gasteiger partial charge is 0.140 e. The summed E-state index contributed by atoms with van der Waals surface area (Å²) in [5.74, 6) is 0.1000. The summed E-state index contributed by atoms with van der Waals surface area (Å²) in [6.45, 7) is 0. The Balaban J connectivity index is 2.16. The average molecular weight is 178 g/mol. The standard InChI is InChI=1S/C9H10N2O2/c12-7-1-6(2-8(13)3-7)9-4-10-5-11-9/h4-6H,1-3H2,(H,10,11). The van der Waals surface area contributed by atoms with Crippen molar-refractivity contribution in [2.45, 2.75) is 25.2 Å². The van der Waals surface area contributed by atoms with Crippen LogP contribution >= 0.6 is 0 Å². The molecule has 0 saturated heterocycles. The quantitative estimate of drug-likeness (QED) is 0.647. The van der Waals surface area contributed by atoms with Crippen molar-refractivity contribution in [1.29, 1.82) is 0 Å². The Bertz CT molecular complexity index is 313. The van der Waals surface area contributed by atoms with Crippen LogP contribution in [0.1, 0.15) is 30.9 Å². The molecule has 0 radical (unpaired) electrons. The van der Waals surface area contributed by atoms with Crippen molar-refractivity contribution < 1.29 is 9.59 Å². The third kappa shape index (κ3) is 1.66. The monoisotopic (exact) mass is 178 g/mol. The van der Waals surface area contributed by atoms with Crippen molar-refractivity contribution in [1.82, 2.24) is 9.97 Å². The minimum atomic E-state index is 0.0243. The normalized spacial score (nSPS) is 19.4. The van der Waals surface area contributed by atoms with Gasteiger partial charge >= 0.3 is 0 Å². The van der Waals surface area contributed by atoms with Crippen LogP contribution in [0.25, 0.3) is 0 Å². The first-order valence-electron chi connectivity index (χ1n) is 4.27. The van der Waals surface area contributed by atoms with Crippen LogP contribution in [0.3, 0.4) is 0 Å². The number of Topliss-reactive ketones (excluding diaryl/α,β-unsaturated/α-hetero) is 2. The lowest BCUT2D eigenvalue weighted by atomic mass is 9.85. The van der Waals surface area contributed by atoms with E-state index in [1.54, 1.807) is 12.5 Å². The summed E-state index contributed by atoms with van der Waals surface area (Å²) in [6, 6.07) is 0. The second-order valence-electron chi connectivity index (χ2n) is 3.37. The molecule has 1 aliphatic rings. The molecule has 1 N–H and O–H groups in total. The lowest BCUT2D eigenvalue weighted by Gasteiger charge is -2.17. The van der Waals surface area contributed by atoms with Crippen LogP contribution in [-0.4, -0.2) is 21.5 Å². The van der Waals surface area contributed by atoms with Gasteiger partial charge in [-0.15, -0.1) is 0 Å². The zero-order chi connectivity index (χ0) is 9.26. The molecule has 0 unspecified atom stereocenters. The number of carbonyl (C=O) groups is 2. The molecule has 1 aliphatic carbocycles. The molecule has 1 aromatic rings. The zero-order valence-corrected chi connectivity index (χ0v) is 7.12. The topological polar surface area (TPSA) is 62.8 Å². The van der Waals surface area contributed by atoms with Gasteiger partial charge in [-0.05, 0) is 0 Å². The third-order valence-corrected chi connectivity index (χ3v) is 2.30. The maximum atomic E-state index is 11.1. The predicted octanol–water partition coefficient (Wildman–Crippen LogP) is 0.815. The molecule has 1 heterocycles. The summed E-state index contributed by atoms with van der Waals surface area (Å²) in [5, 5.41) is 0. The largest absolute Gasteiger partial charge is 0.348 e. The Morgan fingerprint density at radius 3 is 2.54 bits per heavy atom. The number of rotatable bonds is 1. The van der Waals surface area contributed by atoms with Gasteiger partial charge in [-0.2, -0.15) is 0 Å². The van der Waals surface area contributed by atoms with E-state index in [9.17, 15) is 9.59 Å². The van der Waals surface area contributed by atoms with Crippen LogP contribution < -0.4 is 0 Å². The van der Waals surface area contributed by atoms with Crippen molar-refractivity contribution in [2.24, 2.45) is 0 Å². The Hall–Kier alpha value is -1.45. The Kier molecular flexibility index (Phi) is 1.96. The van der Waals surface area contributed by atoms with Gasteiger partial charge < -0.3 is 4.98 Å². The van der Waals surface area contributed by atoms with E-state index in [-0.39, 0.29) is 23.9 Å². The number of H-pyrrole nitrogens is 1. The van der Waals surface area contributed by atoms with Gasteiger partial charge in [0.05, 0.1) is 12.7 Å². The molecule has 4 heteroatoms. The SMILES string of the molecule is O=C1CC(=O)CC(c2cnc[nH]2)C1. The summed E-state index contributed by atoms with van der Waals surface area (Å²) >= 11 is 0. The van der Waals surface area contributed by atoms with Crippen molar-refractivity contribution in [3.05, 3.63) is 18.2 Å². The zero-order valence-electron chi connectivity index (χ0n) is 7.12. The average Bonchev–Trinajstić information content (AvgIpc) is 2.53. The molecule has 0 atom stereocenters. The van der Waals surface area contributed by atoms with E-state index in [0.29, 0.717) is 12.8 Å². The maximum absolute atomic E-state index is 11.1. The van der Waals surface area contributed by atoms with Gasteiger partial charge in [0.1, 0.15) is 11.6 Å². The Labute approximate surface area is 75.4 Å². The minimum Gasteiger partial charge on any atom is -0.348 e. The fourth-order valence-corrected chi connectivity index (χ4v) is 1.70. The van der Waals surface area contributed by atoms with E-state index in [4.69, 9.17) is 0 Å². The third-order valence-electron chi connectivity index (χ3n) is 2.30. The lowest BCUT2D eigenvalue weighted by Crippen LogP contribution is -2.21. The molecule has 13 heavy (non-hydrogen) atoms. The molecule has 0 bridgehead atoms. The molecule has 0 amide bonds. The van der Waals surface area contributed by atoms with Gasteiger partial charge in [0.25, 0.3) is 0 Å². The summed E-state index contributed by atoms with van der Waals surface area (Å²) in [5.41, 5.74) is 0.890. The number of hydrogen-bond acceptors (Lipinski definition) is 3. The van der Waals surface area contributed by atoms with Crippen LogP contribution in [0.15, 0.2) is 12.5 Å². The number of carbonyl (C=O) groups excluding carboxylic acids is 2. The molecule has 0 spiro atoms. The summed E-state index contributed by atoms with van der Waals surface area (Å²) in [7, 11) is 0. The second-order valence-corrected chi connectivity index (χ2v) is 3.37. The highest BCUT2D eigenvalue weighted by atomic mass is 16.1. The molecular weight excluding hydrogens is 168 g/mol. The fourth-order valence-electron chi connectivity index (χ4n) is 1.70. The van der Waals surface area contributed by atoms with E-state index in [1.165, 1.54) is 0 Å². The molecule has 1 fully saturated rings. The molecular formula is C9H10N2O2. The number of aromatic amines is 1. The van der Waals surface area contributed by atoms with Gasteiger partial charge in [-0.25, -0.2) is 4.98 Å². The first kappa shape index (κ1) is 8.16. The highest BCUT2D eigenvalue weighted by Crippen LogP contribution is 2.27. The van der Waals surface area contributed by atoms with Crippen LogP contribution in [0.4, 0.5) is 0 Å². The van der Waals surface area contributed by atoms with Crippen molar-refractivity contribution in [3.63, 3.8) is 0 Å². The highest BCUT2D eigenvalue weighted by Gasteiger charge is 2.27. The molecule has 2 rings (SSSR count). The molecule has 0 aliphatic heterocycles. The van der Waals surface area contributed by atoms with E-state index < -0.39 is 0 Å². The van der Waals surface area contributed by atoms with Crippen LogP contribution in [-0.2, 0) is 9.59 Å². The van der Waals surface area contributed by atoms with Gasteiger partial charge in [-0.3, -0.25) is 9.59 Å². The van der Waals surface area contributed by atoms with Gasteiger partial charge in [0.2, 0.25) is 0 Å². The highest BCUT2D eigenvalue weighted by molar-refractivity contribution is 6.02. The molecule has 1 saturated carbocycles. The molecule has 0 aromatic carbocycles. The van der Waals surface area contributed by atoms with E-state index in [1.807, 2.05) is 0 Å². The number of ketones is 2. The predicted molar refractivity (Wildman–Crippen MR) is 45.2 cm³/mol. The molecule has 4 nitrogen and oxygen atoms in total. The number of nitrogens with zero attached hydrogens (tertiary/aromatic N) is 1. The minimum absolute atomic E-state index is 0.0243. The van der Waals surface area contributed by atoms with Gasteiger partial charge in [0.15, 0.2) is 0 Å². The van der Waals surface area contributed by atoms with Crippen LogP contribution in [0, 0.1) is 0 Å². The van der Waals surface area contributed by atoms with E-state index >= 15 is 0 Å². The van der Waals surface area contributed by atoms with Crippen molar-refractivity contribution in [3.8, 4) is 0 Å². The summed E-state index contributed by atoms with van der Waals surface area (Å²) in [6.07, 6.45) is 4.29. The Morgan fingerprint density at radius 1 is 1.31 bits per heavy atom. The maximum Gasteiger partial charge on any atom is 0.140 e. The van der Waals surface area contributed by atoms with Gasteiger partial charge in [-0.1, -0.05) is 0 Å². The number of nitrogens with one attached hydrogen (secondary N) is 1. The summed E-state index contributed by atoms with van der Waals surface area (Å²) < 4.78 is 0.